The van der Waals surface area contributed by atoms with E-state index in [1.807, 2.05) is 18.2 Å². The highest BCUT2D eigenvalue weighted by molar-refractivity contribution is 7.17. The summed E-state index contributed by atoms with van der Waals surface area (Å²) in [6.07, 6.45) is -4.74. The number of ether oxygens (including phenoxy) is 2. The molecular formula is C20H18F3N3O3S. The predicted octanol–water partition coefficient (Wildman–Crippen LogP) is 5.03. The Labute approximate surface area is 174 Å². The van der Waals surface area contributed by atoms with E-state index < -0.39 is 6.36 Å². The van der Waals surface area contributed by atoms with E-state index in [1.165, 1.54) is 35.6 Å². The van der Waals surface area contributed by atoms with E-state index in [0.717, 1.165) is 5.69 Å². The zero-order valence-corrected chi connectivity index (χ0v) is 16.9. The second kappa shape index (κ2) is 9.04. The maximum Gasteiger partial charge on any atom is 0.573 e. The zero-order valence-electron chi connectivity index (χ0n) is 16.0. The van der Waals surface area contributed by atoms with Crippen molar-refractivity contribution in [1.82, 2.24) is 10.3 Å². The fourth-order valence-corrected chi connectivity index (χ4v) is 3.49. The number of hydrogen-bond donors (Lipinski definition) is 2. The van der Waals surface area contributed by atoms with Crippen LogP contribution in [0.4, 0.5) is 24.0 Å². The third-order valence-electron chi connectivity index (χ3n) is 3.96. The van der Waals surface area contributed by atoms with Gasteiger partial charge in [-0.1, -0.05) is 35.6 Å². The van der Waals surface area contributed by atoms with Crippen molar-refractivity contribution < 1.29 is 27.4 Å². The number of alkyl halides is 3. The van der Waals surface area contributed by atoms with Crippen molar-refractivity contribution in [3.63, 3.8) is 0 Å². The summed E-state index contributed by atoms with van der Waals surface area (Å²) in [7, 11) is 1.56. The van der Waals surface area contributed by atoms with Gasteiger partial charge in [-0.05, 0) is 36.8 Å². The summed E-state index contributed by atoms with van der Waals surface area (Å²) in [4.78, 5) is 17.3. The number of anilines is 2. The van der Waals surface area contributed by atoms with Crippen LogP contribution in [0.25, 0.3) is 0 Å². The van der Waals surface area contributed by atoms with E-state index in [-0.39, 0.29) is 18.2 Å². The molecule has 2 aromatic carbocycles. The van der Waals surface area contributed by atoms with Crippen molar-refractivity contribution in [2.45, 2.75) is 19.8 Å². The third-order valence-corrected chi connectivity index (χ3v) is 5.03. The summed E-state index contributed by atoms with van der Waals surface area (Å²) in [6.45, 7) is 1.87. The molecule has 0 unspecified atom stereocenters. The molecule has 0 radical (unpaired) electrons. The van der Waals surface area contributed by atoms with Gasteiger partial charge in [-0.15, -0.1) is 13.2 Å². The SMILES string of the molecule is COc1ccccc1Nc1nc(C)c(C(=O)NCc2ccc(OC(F)(F)F)cc2)s1. The van der Waals surface area contributed by atoms with E-state index in [9.17, 15) is 18.0 Å². The van der Waals surface area contributed by atoms with E-state index in [4.69, 9.17) is 4.74 Å². The number of aromatic nitrogens is 1. The van der Waals surface area contributed by atoms with Crippen LogP contribution in [0.5, 0.6) is 11.5 Å². The van der Waals surface area contributed by atoms with Crippen LogP contribution in [0.2, 0.25) is 0 Å². The van der Waals surface area contributed by atoms with Crippen molar-refractivity contribution >= 4 is 28.1 Å². The number of para-hydroxylation sites is 2. The minimum Gasteiger partial charge on any atom is -0.495 e. The average molecular weight is 437 g/mol. The second-order valence-electron chi connectivity index (χ2n) is 6.13. The molecule has 1 amide bonds. The summed E-state index contributed by atoms with van der Waals surface area (Å²) in [6, 6.07) is 12.6. The monoisotopic (exact) mass is 437 g/mol. The van der Waals surface area contributed by atoms with Gasteiger partial charge in [0.15, 0.2) is 5.13 Å². The largest absolute Gasteiger partial charge is 0.573 e. The molecule has 0 saturated carbocycles. The molecule has 6 nitrogen and oxygen atoms in total. The van der Waals surface area contributed by atoms with E-state index >= 15 is 0 Å². The van der Waals surface area contributed by atoms with Crippen molar-refractivity contribution in [2.24, 2.45) is 0 Å². The Balaban J connectivity index is 1.62. The van der Waals surface area contributed by atoms with Crippen LogP contribution in [0.1, 0.15) is 20.9 Å². The molecular weight excluding hydrogens is 419 g/mol. The van der Waals surface area contributed by atoms with Crippen LogP contribution in [0.3, 0.4) is 0 Å². The second-order valence-corrected chi connectivity index (χ2v) is 7.13. The molecule has 0 aliphatic rings. The summed E-state index contributed by atoms with van der Waals surface area (Å²) < 4.78 is 45.7. The van der Waals surface area contributed by atoms with E-state index in [0.29, 0.717) is 27.0 Å². The first-order chi connectivity index (χ1) is 14.2. The van der Waals surface area contributed by atoms with Gasteiger partial charge in [-0.25, -0.2) is 4.98 Å². The van der Waals surface area contributed by atoms with Crippen molar-refractivity contribution in [3.8, 4) is 11.5 Å². The number of carbonyl (C=O) groups is 1. The van der Waals surface area contributed by atoms with E-state index in [2.05, 4.69) is 20.4 Å². The number of amides is 1. The Morgan fingerprint density at radius 1 is 1.13 bits per heavy atom. The lowest BCUT2D eigenvalue weighted by Crippen LogP contribution is -2.22. The van der Waals surface area contributed by atoms with Crippen LogP contribution in [0, 0.1) is 6.92 Å². The van der Waals surface area contributed by atoms with Gasteiger partial charge in [0.25, 0.3) is 5.91 Å². The first-order valence-corrected chi connectivity index (χ1v) is 9.57. The smallest absolute Gasteiger partial charge is 0.495 e. The zero-order chi connectivity index (χ0) is 21.7. The molecule has 1 aromatic heterocycles. The Morgan fingerprint density at radius 2 is 1.83 bits per heavy atom. The molecule has 0 aliphatic carbocycles. The molecule has 0 saturated heterocycles. The Bertz CT molecular complexity index is 1020. The van der Waals surface area contributed by atoms with Crippen molar-refractivity contribution in [1.29, 1.82) is 0 Å². The van der Waals surface area contributed by atoms with Crippen LogP contribution >= 0.6 is 11.3 Å². The van der Waals surface area contributed by atoms with Crippen molar-refractivity contribution in [3.05, 3.63) is 64.7 Å². The minimum absolute atomic E-state index is 0.151. The van der Waals surface area contributed by atoms with Crippen LogP contribution in [0.15, 0.2) is 48.5 Å². The Morgan fingerprint density at radius 3 is 2.50 bits per heavy atom. The molecule has 3 rings (SSSR count). The van der Waals surface area contributed by atoms with Crippen molar-refractivity contribution in [2.75, 3.05) is 12.4 Å². The number of rotatable bonds is 7. The number of halogens is 3. The van der Waals surface area contributed by atoms with Gasteiger partial charge in [0.2, 0.25) is 0 Å². The maximum absolute atomic E-state index is 12.5. The summed E-state index contributed by atoms with van der Waals surface area (Å²) in [5.74, 6) is 0.00549. The number of thiazole rings is 1. The standard InChI is InChI=1S/C20H18F3N3O3S/c1-12-17(30-19(25-12)26-15-5-3-4-6-16(15)28-2)18(27)24-11-13-7-9-14(10-8-13)29-20(21,22)23/h3-10H,11H2,1-2H3,(H,24,27)(H,25,26). The Kier molecular flexibility index (Phi) is 6.46. The van der Waals surface area contributed by atoms with Gasteiger partial charge < -0.3 is 20.1 Å². The average Bonchev–Trinajstić information content (AvgIpc) is 3.06. The highest BCUT2D eigenvalue weighted by Gasteiger charge is 2.30. The lowest BCUT2D eigenvalue weighted by atomic mass is 10.2. The number of nitrogens with zero attached hydrogens (tertiary/aromatic N) is 1. The molecule has 10 heteroatoms. The van der Waals surface area contributed by atoms with Gasteiger partial charge in [-0.2, -0.15) is 0 Å². The number of aryl methyl sites for hydroxylation is 1. The summed E-state index contributed by atoms with van der Waals surface area (Å²) in [5.41, 5.74) is 1.91. The number of hydrogen-bond acceptors (Lipinski definition) is 6. The maximum atomic E-state index is 12.5. The van der Waals surface area contributed by atoms with Gasteiger partial charge >= 0.3 is 6.36 Å². The lowest BCUT2D eigenvalue weighted by Gasteiger charge is -2.09. The predicted molar refractivity (Wildman–Crippen MR) is 107 cm³/mol. The highest BCUT2D eigenvalue weighted by atomic mass is 32.1. The number of benzene rings is 2. The highest BCUT2D eigenvalue weighted by Crippen LogP contribution is 2.30. The third kappa shape index (κ3) is 5.63. The Hall–Kier alpha value is -3.27. The van der Waals surface area contributed by atoms with Crippen LogP contribution in [-0.4, -0.2) is 24.4 Å². The molecule has 0 bridgehead atoms. The van der Waals surface area contributed by atoms with Gasteiger partial charge in [-0.3, -0.25) is 4.79 Å². The molecule has 0 aliphatic heterocycles. The quantitative estimate of drug-likeness (QED) is 0.542. The fourth-order valence-electron chi connectivity index (χ4n) is 2.60. The van der Waals surface area contributed by atoms with Gasteiger partial charge in [0, 0.05) is 6.54 Å². The molecule has 158 valence electrons. The fraction of sp³-hybridized carbons (Fsp3) is 0.200. The molecule has 1 heterocycles. The lowest BCUT2D eigenvalue weighted by molar-refractivity contribution is -0.274. The normalized spacial score (nSPS) is 11.1. The molecule has 0 fully saturated rings. The van der Waals surface area contributed by atoms with Gasteiger partial charge in [0.1, 0.15) is 16.4 Å². The molecule has 0 atom stereocenters. The molecule has 0 spiro atoms. The minimum atomic E-state index is -4.74. The summed E-state index contributed by atoms with van der Waals surface area (Å²) in [5, 5.41) is 6.41. The topological polar surface area (TPSA) is 72.5 Å². The van der Waals surface area contributed by atoms with E-state index in [1.54, 1.807) is 20.1 Å². The molecule has 3 aromatic rings. The number of nitrogens with one attached hydrogen (secondary N) is 2. The number of carbonyl (C=O) groups excluding carboxylic acids is 1. The summed E-state index contributed by atoms with van der Waals surface area (Å²) >= 11 is 1.19. The van der Waals surface area contributed by atoms with Crippen LogP contribution < -0.4 is 20.1 Å². The first-order valence-electron chi connectivity index (χ1n) is 8.75. The molecule has 30 heavy (non-hydrogen) atoms. The van der Waals surface area contributed by atoms with Crippen LogP contribution in [-0.2, 0) is 6.54 Å². The van der Waals surface area contributed by atoms with Gasteiger partial charge in [0.05, 0.1) is 18.5 Å². The number of methoxy groups -OCH3 is 1. The first kappa shape index (κ1) is 21.4. The molecule has 2 N–H and O–H groups in total.